The number of rotatable bonds is 5. The molecule has 1 aliphatic carbocycles. The number of hydrogen-bond donors (Lipinski definition) is 3. The van der Waals surface area contributed by atoms with E-state index < -0.39 is 11.5 Å². The molecule has 0 saturated heterocycles. The molecule has 0 radical (unpaired) electrons. The molecule has 1 aliphatic rings. The fourth-order valence-electron chi connectivity index (χ4n) is 2.49. The summed E-state index contributed by atoms with van der Waals surface area (Å²) in [5, 5.41) is 15.2. The van der Waals surface area contributed by atoms with Crippen molar-refractivity contribution < 1.29 is 14.7 Å². The van der Waals surface area contributed by atoms with Gasteiger partial charge in [0, 0.05) is 11.8 Å². The number of thioether (sulfide) groups is 1. The smallest absolute Gasteiger partial charge is 0.329 e. The molecule has 0 aromatic heterocycles. The van der Waals surface area contributed by atoms with Gasteiger partial charge in [0.05, 0.1) is 0 Å². The van der Waals surface area contributed by atoms with Gasteiger partial charge in [0.2, 0.25) is 0 Å². The molecule has 1 saturated carbocycles. The molecule has 3 unspecified atom stereocenters. The van der Waals surface area contributed by atoms with E-state index in [-0.39, 0.29) is 6.03 Å². The van der Waals surface area contributed by atoms with E-state index in [1.54, 1.807) is 11.8 Å². The van der Waals surface area contributed by atoms with E-state index in [0.29, 0.717) is 30.6 Å². The summed E-state index contributed by atoms with van der Waals surface area (Å²) < 4.78 is 0. The molecule has 19 heavy (non-hydrogen) atoms. The standard InChI is InChI=1S/C13H24N2O3S/c1-9-5-4-6-13(7-9,11(16)17)15-12(18)14-8-10(2)19-3/h9-10H,4-8H2,1-3H3,(H,16,17)(H2,14,15,18). The van der Waals surface area contributed by atoms with E-state index in [4.69, 9.17) is 0 Å². The summed E-state index contributed by atoms with van der Waals surface area (Å²) in [4.78, 5) is 23.4. The molecule has 3 atom stereocenters. The molecule has 1 rings (SSSR count). The van der Waals surface area contributed by atoms with E-state index >= 15 is 0 Å². The van der Waals surface area contributed by atoms with E-state index in [9.17, 15) is 14.7 Å². The maximum atomic E-state index is 11.9. The van der Waals surface area contributed by atoms with Gasteiger partial charge >= 0.3 is 12.0 Å². The van der Waals surface area contributed by atoms with Gasteiger partial charge in [-0.2, -0.15) is 11.8 Å². The molecule has 0 aromatic carbocycles. The van der Waals surface area contributed by atoms with Crippen molar-refractivity contribution in [3.8, 4) is 0 Å². The Bertz CT molecular complexity index is 338. The first-order valence-corrected chi connectivity index (χ1v) is 8.00. The van der Waals surface area contributed by atoms with Gasteiger partial charge in [-0.1, -0.05) is 26.7 Å². The van der Waals surface area contributed by atoms with E-state index in [0.717, 1.165) is 12.8 Å². The summed E-state index contributed by atoms with van der Waals surface area (Å²) in [6.45, 7) is 4.59. The third kappa shape index (κ3) is 4.60. The normalized spacial score (nSPS) is 28.5. The molecule has 0 aromatic rings. The number of nitrogens with one attached hydrogen (secondary N) is 2. The zero-order valence-corrected chi connectivity index (χ0v) is 12.7. The molecule has 5 nitrogen and oxygen atoms in total. The molecule has 0 spiro atoms. The van der Waals surface area contributed by atoms with Crippen molar-refractivity contribution >= 4 is 23.8 Å². The Balaban J connectivity index is 2.58. The van der Waals surface area contributed by atoms with Crippen molar-refractivity contribution in [1.82, 2.24) is 10.6 Å². The van der Waals surface area contributed by atoms with E-state index in [1.807, 2.05) is 20.1 Å². The van der Waals surface area contributed by atoms with Gasteiger partial charge in [0.15, 0.2) is 0 Å². The molecule has 2 amide bonds. The number of carbonyl (C=O) groups is 2. The molecule has 110 valence electrons. The van der Waals surface area contributed by atoms with Gasteiger partial charge in [-0.3, -0.25) is 0 Å². The number of carboxylic acid groups (broad SMARTS) is 1. The first-order chi connectivity index (χ1) is 8.89. The Hall–Kier alpha value is -0.910. The van der Waals surface area contributed by atoms with E-state index in [2.05, 4.69) is 10.6 Å². The Labute approximate surface area is 118 Å². The Morgan fingerprint density at radius 2 is 2.21 bits per heavy atom. The molecule has 6 heteroatoms. The molecule has 0 bridgehead atoms. The topological polar surface area (TPSA) is 78.4 Å². The third-order valence-electron chi connectivity index (χ3n) is 3.71. The second-order valence-electron chi connectivity index (χ2n) is 5.47. The van der Waals surface area contributed by atoms with Crippen LogP contribution < -0.4 is 10.6 Å². The van der Waals surface area contributed by atoms with Crippen LogP contribution in [0.15, 0.2) is 0 Å². The quantitative estimate of drug-likeness (QED) is 0.723. The van der Waals surface area contributed by atoms with Gasteiger partial charge < -0.3 is 15.7 Å². The number of hydrogen-bond acceptors (Lipinski definition) is 3. The summed E-state index contributed by atoms with van der Waals surface area (Å²) in [6, 6.07) is -0.377. The van der Waals surface area contributed by atoms with Gasteiger partial charge in [-0.15, -0.1) is 0 Å². The van der Waals surface area contributed by atoms with E-state index in [1.165, 1.54) is 0 Å². The highest BCUT2D eigenvalue weighted by atomic mass is 32.2. The van der Waals surface area contributed by atoms with Crippen LogP contribution >= 0.6 is 11.8 Å². The van der Waals surface area contributed by atoms with Crippen molar-refractivity contribution in [3.63, 3.8) is 0 Å². The maximum absolute atomic E-state index is 11.9. The van der Waals surface area contributed by atoms with Crippen LogP contribution in [0, 0.1) is 5.92 Å². The van der Waals surface area contributed by atoms with Crippen molar-refractivity contribution in [2.24, 2.45) is 5.92 Å². The summed E-state index contributed by atoms with van der Waals surface area (Å²) >= 11 is 1.66. The van der Waals surface area contributed by atoms with Crippen LogP contribution in [0.1, 0.15) is 39.5 Å². The van der Waals surface area contributed by atoms with Crippen LogP contribution in [0.3, 0.4) is 0 Å². The van der Waals surface area contributed by atoms with Crippen LogP contribution in [-0.2, 0) is 4.79 Å². The summed E-state index contributed by atoms with van der Waals surface area (Å²) in [6.07, 6.45) is 4.87. The van der Waals surface area contributed by atoms with Crippen molar-refractivity contribution in [2.75, 3.05) is 12.8 Å². The van der Waals surface area contributed by atoms with Gasteiger partial charge in [0.1, 0.15) is 5.54 Å². The first-order valence-electron chi connectivity index (χ1n) is 6.72. The van der Waals surface area contributed by atoms with Crippen LogP contribution in [0.25, 0.3) is 0 Å². The number of amides is 2. The molecule has 1 fully saturated rings. The average Bonchev–Trinajstić information content (AvgIpc) is 2.35. The van der Waals surface area contributed by atoms with Crippen LogP contribution in [0.4, 0.5) is 4.79 Å². The Morgan fingerprint density at radius 1 is 1.53 bits per heavy atom. The minimum absolute atomic E-state index is 0.316. The van der Waals surface area contributed by atoms with Crippen LogP contribution in [0.2, 0.25) is 0 Å². The molecule has 3 N–H and O–H groups in total. The van der Waals surface area contributed by atoms with Gasteiger partial charge in [-0.25, -0.2) is 9.59 Å². The lowest BCUT2D eigenvalue weighted by Gasteiger charge is -2.37. The van der Waals surface area contributed by atoms with Crippen molar-refractivity contribution in [1.29, 1.82) is 0 Å². The monoisotopic (exact) mass is 288 g/mol. The Morgan fingerprint density at radius 3 is 2.74 bits per heavy atom. The predicted octanol–water partition coefficient (Wildman–Crippen LogP) is 2.07. The van der Waals surface area contributed by atoms with Crippen LogP contribution in [-0.4, -0.2) is 40.7 Å². The highest BCUT2D eigenvalue weighted by Gasteiger charge is 2.43. The number of carboxylic acids is 1. The molecular formula is C13H24N2O3S. The SMILES string of the molecule is CSC(C)CNC(=O)NC1(C(=O)O)CCCC(C)C1. The zero-order chi connectivity index (χ0) is 14.5. The van der Waals surface area contributed by atoms with Gasteiger partial charge in [0.25, 0.3) is 0 Å². The highest BCUT2D eigenvalue weighted by molar-refractivity contribution is 7.99. The fourth-order valence-corrected chi connectivity index (χ4v) is 2.74. The summed E-state index contributed by atoms with van der Waals surface area (Å²) in [5.41, 5.74) is -1.09. The minimum Gasteiger partial charge on any atom is -0.480 e. The first kappa shape index (κ1) is 16.1. The summed E-state index contributed by atoms with van der Waals surface area (Å²) in [7, 11) is 0. The number of carbonyl (C=O) groups excluding carboxylic acids is 1. The summed E-state index contributed by atoms with van der Waals surface area (Å²) in [5.74, 6) is -0.595. The fraction of sp³-hybridized carbons (Fsp3) is 0.846. The second kappa shape index (κ2) is 7.03. The second-order valence-corrected chi connectivity index (χ2v) is 6.75. The van der Waals surface area contributed by atoms with Crippen molar-refractivity contribution in [2.45, 2.75) is 50.3 Å². The maximum Gasteiger partial charge on any atom is 0.329 e. The van der Waals surface area contributed by atoms with Crippen molar-refractivity contribution in [3.05, 3.63) is 0 Å². The van der Waals surface area contributed by atoms with Crippen LogP contribution in [0.5, 0.6) is 0 Å². The number of urea groups is 1. The largest absolute Gasteiger partial charge is 0.480 e. The lowest BCUT2D eigenvalue weighted by molar-refractivity contribution is -0.146. The predicted molar refractivity (Wildman–Crippen MR) is 77.5 cm³/mol. The molecule has 0 heterocycles. The highest BCUT2D eigenvalue weighted by Crippen LogP contribution is 2.32. The minimum atomic E-state index is -1.09. The average molecular weight is 288 g/mol. The lowest BCUT2D eigenvalue weighted by atomic mass is 9.76. The molecular weight excluding hydrogens is 264 g/mol. The molecule has 0 aliphatic heterocycles. The number of aliphatic carboxylic acids is 1. The Kier molecular flexibility index (Phi) is 5.97. The van der Waals surface area contributed by atoms with Gasteiger partial charge in [-0.05, 0) is 25.0 Å². The lowest BCUT2D eigenvalue weighted by Crippen LogP contribution is -2.59. The third-order valence-corrected chi connectivity index (χ3v) is 4.68. The zero-order valence-electron chi connectivity index (χ0n) is 11.9.